The summed E-state index contributed by atoms with van der Waals surface area (Å²) in [6.45, 7) is 12.2. The van der Waals surface area contributed by atoms with E-state index in [1.54, 1.807) is 11.9 Å². The molecule has 0 aliphatic rings. The molecule has 0 spiro atoms. The van der Waals surface area contributed by atoms with E-state index in [2.05, 4.69) is 38.8 Å². The zero-order valence-electron chi connectivity index (χ0n) is 14.7. The van der Waals surface area contributed by atoms with Gasteiger partial charge in [-0.2, -0.15) is 5.26 Å². The van der Waals surface area contributed by atoms with Gasteiger partial charge in [-0.3, -0.25) is 0 Å². The van der Waals surface area contributed by atoms with Crippen LogP contribution in [0.25, 0.3) is 0 Å². The summed E-state index contributed by atoms with van der Waals surface area (Å²) in [6.07, 6.45) is 0.766. The number of nitrogens with zero attached hydrogens (tertiary/aromatic N) is 3. The van der Waals surface area contributed by atoms with E-state index >= 15 is 0 Å². The van der Waals surface area contributed by atoms with Gasteiger partial charge in [0.05, 0.1) is 5.56 Å². The molecule has 0 fully saturated rings. The van der Waals surface area contributed by atoms with Gasteiger partial charge in [0.1, 0.15) is 11.2 Å². The van der Waals surface area contributed by atoms with Crippen molar-refractivity contribution < 1.29 is 8.82 Å². The van der Waals surface area contributed by atoms with Crippen LogP contribution in [0.3, 0.4) is 0 Å². The van der Waals surface area contributed by atoms with Crippen molar-refractivity contribution >= 4 is 25.7 Å². The first-order valence-corrected chi connectivity index (χ1v) is 10.9. The fourth-order valence-electron chi connectivity index (χ4n) is 1.75. The van der Waals surface area contributed by atoms with E-state index in [9.17, 15) is 4.39 Å². The van der Waals surface area contributed by atoms with Gasteiger partial charge in [0, 0.05) is 20.2 Å². The van der Waals surface area contributed by atoms with E-state index in [0.717, 1.165) is 12.5 Å². The molecule has 0 unspecified atom stereocenters. The van der Waals surface area contributed by atoms with Crippen LogP contribution in [0.5, 0.6) is 0 Å². The van der Waals surface area contributed by atoms with Crippen molar-refractivity contribution in [3.05, 3.63) is 22.6 Å². The molecular weight excluding hydrogens is 333 g/mol. The SMILES string of the molecule is CN(CCCO[Si](C)(C)C(C)(C)C)c1nc(Cl)c(C#N)cc1F. The maximum Gasteiger partial charge on any atom is 0.191 e. The zero-order valence-corrected chi connectivity index (χ0v) is 16.5. The summed E-state index contributed by atoms with van der Waals surface area (Å²) in [7, 11) is -0.00369. The topological polar surface area (TPSA) is 49.1 Å². The van der Waals surface area contributed by atoms with Crippen molar-refractivity contribution in [2.45, 2.75) is 45.3 Å². The third-order valence-corrected chi connectivity index (χ3v) is 9.13. The molecule has 0 amide bonds. The highest BCUT2D eigenvalue weighted by molar-refractivity contribution is 6.74. The Kier molecular flexibility index (Phi) is 6.57. The molecule has 0 saturated carbocycles. The van der Waals surface area contributed by atoms with Gasteiger partial charge in [0.2, 0.25) is 0 Å². The molecule has 1 heterocycles. The number of halogens is 2. The number of pyridine rings is 1. The minimum atomic E-state index is -1.75. The first-order valence-electron chi connectivity index (χ1n) is 7.61. The first-order chi connectivity index (χ1) is 10.5. The molecule has 0 N–H and O–H groups in total. The molecule has 0 bridgehead atoms. The molecule has 0 aliphatic carbocycles. The molecule has 1 aromatic rings. The number of anilines is 1. The lowest BCUT2D eigenvalue weighted by Gasteiger charge is -2.36. The third kappa shape index (κ3) is 5.16. The maximum atomic E-state index is 14.0. The summed E-state index contributed by atoms with van der Waals surface area (Å²) in [4.78, 5) is 5.66. The van der Waals surface area contributed by atoms with Crippen molar-refractivity contribution in [1.82, 2.24) is 4.98 Å². The quantitative estimate of drug-likeness (QED) is 0.424. The highest BCUT2D eigenvalue weighted by Crippen LogP contribution is 2.36. The van der Waals surface area contributed by atoms with E-state index in [4.69, 9.17) is 21.3 Å². The third-order valence-electron chi connectivity index (χ3n) is 4.30. The lowest BCUT2D eigenvalue weighted by molar-refractivity contribution is 0.284. The van der Waals surface area contributed by atoms with Crippen molar-refractivity contribution in [3.8, 4) is 6.07 Å². The number of nitriles is 1. The minimum absolute atomic E-state index is 0.0215. The molecule has 128 valence electrons. The smallest absolute Gasteiger partial charge is 0.191 e. The van der Waals surface area contributed by atoms with E-state index in [1.165, 1.54) is 0 Å². The zero-order chi connectivity index (χ0) is 17.8. The average molecular weight is 358 g/mol. The Morgan fingerprint density at radius 2 is 2.04 bits per heavy atom. The summed E-state index contributed by atoms with van der Waals surface area (Å²) in [5.74, 6) is -0.389. The van der Waals surface area contributed by atoms with Crippen molar-refractivity contribution in [3.63, 3.8) is 0 Å². The first kappa shape index (κ1) is 19.9. The highest BCUT2D eigenvalue weighted by Gasteiger charge is 2.36. The van der Waals surface area contributed by atoms with Gasteiger partial charge in [-0.1, -0.05) is 32.4 Å². The fourth-order valence-corrected chi connectivity index (χ4v) is 3.02. The van der Waals surface area contributed by atoms with Crippen LogP contribution in [-0.4, -0.2) is 33.5 Å². The Morgan fingerprint density at radius 3 is 2.57 bits per heavy atom. The van der Waals surface area contributed by atoms with E-state index in [-0.39, 0.29) is 21.6 Å². The van der Waals surface area contributed by atoms with E-state index in [0.29, 0.717) is 13.2 Å². The standard InChI is InChI=1S/C16H25ClFN3OSi/c1-16(2,3)23(5,6)22-9-7-8-21(4)15-13(18)10-12(11-19)14(17)20-15/h10H,7-9H2,1-6H3. The summed E-state index contributed by atoms with van der Waals surface area (Å²) >= 11 is 5.87. The second-order valence-corrected chi connectivity index (χ2v) is 12.3. The van der Waals surface area contributed by atoms with Crippen LogP contribution in [0, 0.1) is 17.1 Å². The lowest BCUT2D eigenvalue weighted by Crippen LogP contribution is -2.41. The second-order valence-electron chi connectivity index (χ2n) is 7.13. The number of hydrogen-bond acceptors (Lipinski definition) is 4. The van der Waals surface area contributed by atoms with Gasteiger partial charge in [-0.15, -0.1) is 0 Å². The Morgan fingerprint density at radius 1 is 1.43 bits per heavy atom. The Hall–Kier alpha value is -1.16. The molecule has 1 rings (SSSR count). The van der Waals surface area contributed by atoms with Gasteiger partial charge < -0.3 is 9.33 Å². The molecule has 1 aromatic heterocycles. The van der Waals surface area contributed by atoms with Crippen LogP contribution in [0.1, 0.15) is 32.8 Å². The molecule has 0 saturated heterocycles. The normalized spacial score (nSPS) is 12.1. The summed E-state index contributed by atoms with van der Waals surface area (Å²) in [6, 6.07) is 2.94. The molecule has 0 radical (unpaired) electrons. The van der Waals surface area contributed by atoms with Gasteiger partial charge in [0.25, 0.3) is 0 Å². The van der Waals surface area contributed by atoms with Gasteiger partial charge in [0.15, 0.2) is 20.0 Å². The maximum absolute atomic E-state index is 14.0. The largest absolute Gasteiger partial charge is 0.417 e. The molecule has 0 aromatic carbocycles. The molecule has 7 heteroatoms. The predicted octanol–water partition coefficient (Wildman–Crippen LogP) is 4.59. The summed E-state index contributed by atoms with van der Waals surface area (Å²) in [5.41, 5.74) is 0.0441. The number of hydrogen-bond donors (Lipinski definition) is 0. The molecule has 0 atom stereocenters. The van der Waals surface area contributed by atoms with Crippen LogP contribution in [0.2, 0.25) is 23.3 Å². The van der Waals surface area contributed by atoms with E-state index in [1.807, 2.05) is 6.07 Å². The number of rotatable bonds is 6. The van der Waals surface area contributed by atoms with Gasteiger partial charge in [-0.25, -0.2) is 9.37 Å². The van der Waals surface area contributed by atoms with Crippen molar-refractivity contribution in [1.29, 1.82) is 5.26 Å². The molecule has 4 nitrogen and oxygen atoms in total. The van der Waals surface area contributed by atoms with E-state index < -0.39 is 14.1 Å². The predicted molar refractivity (Wildman–Crippen MR) is 95.0 cm³/mol. The Bertz CT molecular complexity index is 596. The van der Waals surface area contributed by atoms with Crippen LogP contribution >= 0.6 is 11.6 Å². The van der Waals surface area contributed by atoms with Crippen molar-refractivity contribution in [2.24, 2.45) is 0 Å². The van der Waals surface area contributed by atoms with Crippen LogP contribution in [0.15, 0.2) is 6.07 Å². The molecule has 0 aliphatic heterocycles. The Labute approximate surface area is 144 Å². The van der Waals surface area contributed by atoms with Gasteiger partial charge in [-0.05, 0) is 30.6 Å². The number of aromatic nitrogens is 1. The minimum Gasteiger partial charge on any atom is -0.417 e. The summed E-state index contributed by atoms with van der Waals surface area (Å²) < 4.78 is 20.1. The molecule has 23 heavy (non-hydrogen) atoms. The second kappa shape index (κ2) is 7.60. The summed E-state index contributed by atoms with van der Waals surface area (Å²) in [5, 5.41) is 9.02. The van der Waals surface area contributed by atoms with Crippen LogP contribution < -0.4 is 4.90 Å². The monoisotopic (exact) mass is 357 g/mol. The Balaban J connectivity index is 2.61. The molecular formula is C16H25ClFN3OSi. The lowest BCUT2D eigenvalue weighted by atomic mass is 10.2. The van der Waals surface area contributed by atoms with Crippen LogP contribution in [0.4, 0.5) is 10.2 Å². The fraction of sp³-hybridized carbons (Fsp3) is 0.625. The van der Waals surface area contributed by atoms with Crippen molar-refractivity contribution in [2.75, 3.05) is 25.1 Å². The average Bonchev–Trinajstić information content (AvgIpc) is 2.44. The van der Waals surface area contributed by atoms with Gasteiger partial charge >= 0.3 is 0 Å². The highest BCUT2D eigenvalue weighted by atomic mass is 35.5. The van der Waals surface area contributed by atoms with Crippen LogP contribution in [-0.2, 0) is 4.43 Å².